The van der Waals surface area contributed by atoms with Gasteiger partial charge >= 0.3 is 0 Å². The average molecular weight is 351 g/mol. The molecule has 1 saturated carbocycles. The van der Waals surface area contributed by atoms with Crippen molar-refractivity contribution in [1.29, 1.82) is 0 Å². The predicted molar refractivity (Wildman–Crippen MR) is 85.0 cm³/mol. The summed E-state index contributed by atoms with van der Waals surface area (Å²) >= 11 is 3.40. The van der Waals surface area contributed by atoms with Crippen molar-refractivity contribution >= 4 is 33.4 Å². The predicted octanol–water partition coefficient (Wildman–Crippen LogP) is 2.81. The topological polar surface area (TPSA) is 40.6 Å². The Morgan fingerprint density at radius 2 is 1.86 bits per heavy atom. The van der Waals surface area contributed by atoms with E-state index < -0.39 is 0 Å². The van der Waals surface area contributed by atoms with Crippen LogP contribution < -0.4 is 4.90 Å². The molecule has 0 radical (unpaired) electrons. The molecule has 1 aromatic carbocycles. The lowest BCUT2D eigenvalue weighted by Gasteiger charge is -2.41. The third kappa shape index (κ3) is 2.71. The Balaban J connectivity index is 1.73. The minimum atomic E-state index is -0.365. The van der Waals surface area contributed by atoms with E-state index in [1.165, 1.54) is 0 Å². The lowest BCUT2D eigenvalue weighted by Crippen LogP contribution is -2.59. The maximum atomic E-state index is 12.6. The van der Waals surface area contributed by atoms with Crippen LogP contribution in [0.25, 0.3) is 0 Å². The lowest BCUT2D eigenvalue weighted by molar-refractivity contribution is -0.146. The summed E-state index contributed by atoms with van der Waals surface area (Å²) in [5.74, 6) is 0.327. The summed E-state index contributed by atoms with van der Waals surface area (Å²) < 4.78 is 0.991. The van der Waals surface area contributed by atoms with Crippen LogP contribution in [0.5, 0.6) is 0 Å². The molecule has 0 bridgehead atoms. The molecule has 1 heterocycles. The van der Waals surface area contributed by atoms with Crippen LogP contribution in [0.15, 0.2) is 28.7 Å². The number of hydrogen-bond acceptors (Lipinski definition) is 2. The number of carbonyl (C=O) groups is 2. The first-order chi connectivity index (χ1) is 10.1. The van der Waals surface area contributed by atoms with Gasteiger partial charge in [0.15, 0.2) is 0 Å². The molecule has 2 fully saturated rings. The van der Waals surface area contributed by atoms with E-state index in [-0.39, 0.29) is 23.8 Å². The van der Waals surface area contributed by atoms with Gasteiger partial charge in [-0.2, -0.15) is 0 Å². The number of nitrogens with zero attached hydrogens (tertiary/aromatic N) is 2. The summed E-state index contributed by atoms with van der Waals surface area (Å²) in [4.78, 5) is 28.5. The SMILES string of the molecule is C[C@@H]1C(=O)N(c2ccc(Br)cc2)CCN1C(=O)C1CCC1. The number of hydrogen-bond donors (Lipinski definition) is 0. The van der Waals surface area contributed by atoms with Gasteiger partial charge in [0.1, 0.15) is 6.04 Å². The number of rotatable bonds is 2. The van der Waals surface area contributed by atoms with Crippen molar-refractivity contribution in [3.8, 4) is 0 Å². The second kappa shape index (κ2) is 5.79. The van der Waals surface area contributed by atoms with Gasteiger partial charge in [0.25, 0.3) is 0 Å². The quantitative estimate of drug-likeness (QED) is 0.822. The monoisotopic (exact) mass is 350 g/mol. The summed E-state index contributed by atoms with van der Waals surface area (Å²) in [6, 6.07) is 7.35. The Hall–Kier alpha value is -1.36. The van der Waals surface area contributed by atoms with Crippen LogP contribution >= 0.6 is 15.9 Å². The largest absolute Gasteiger partial charge is 0.329 e. The summed E-state index contributed by atoms with van der Waals surface area (Å²) in [6.07, 6.45) is 3.09. The van der Waals surface area contributed by atoms with Crippen LogP contribution in [0.4, 0.5) is 5.69 Å². The maximum absolute atomic E-state index is 12.6. The van der Waals surface area contributed by atoms with Crippen LogP contribution in [0.3, 0.4) is 0 Å². The number of piperazine rings is 1. The van der Waals surface area contributed by atoms with E-state index in [9.17, 15) is 9.59 Å². The van der Waals surface area contributed by atoms with Gasteiger partial charge in [-0.1, -0.05) is 22.4 Å². The molecule has 1 atom stereocenters. The standard InChI is InChI=1S/C16H19BrN2O2/c1-11-15(20)19(14-7-5-13(17)6-8-14)10-9-18(11)16(21)12-3-2-4-12/h5-8,11-12H,2-4,9-10H2,1H3/t11-/m1/s1. The summed E-state index contributed by atoms with van der Waals surface area (Å²) in [5.41, 5.74) is 0.894. The van der Waals surface area contributed by atoms with Gasteiger partial charge < -0.3 is 9.80 Å². The third-order valence-electron chi connectivity index (χ3n) is 4.53. The Morgan fingerprint density at radius 1 is 1.19 bits per heavy atom. The zero-order valence-corrected chi connectivity index (χ0v) is 13.7. The summed E-state index contributed by atoms with van der Waals surface area (Å²) in [7, 11) is 0. The molecule has 2 amide bonds. The van der Waals surface area contributed by atoms with E-state index in [1.54, 1.807) is 9.80 Å². The molecule has 1 aromatic rings. The van der Waals surface area contributed by atoms with Crippen molar-refractivity contribution in [2.75, 3.05) is 18.0 Å². The second-order valence-corrected chi connectivity index (χ2v) is 6.72. The molecule has 21 heavy (non-hydrogen) atoms. The van der Waals surface area contributed by atoms with Gasteiger partial charge in [-0.15, -0.1) is 0 Å². The summed E-state index contributed by atoms with van der Waals surface area (Å²) in [5, 5.41) is 0. The van der Waals surface area contributed by atoms with Gasteiger partial charge in [-0.25, -0.2) is 0 Å². The Labute approximate surface area is 133 Å². The van der Waals surface area contributed by atoms with Crippen molar-refractivity contribution in [3.05, 3.63) is 28.7 Å². The minimum absolute atomic E-state index is 0.0104. The third-order valence-corrected chi connectivity index (χ3v) is 5.06. The highest BCUT2D eigenvalue weighted by atomic mass is 79.9. The highest BCUT2D eigenvalue weighted by molar-refractivity contribution is 9.10. The first kappa shape index (κ1) is 14.6. The average Bonchev–Trinajstić information content (AvgIpc) is 2.41. The molecular weight excluding hydrogens is 332 g/mol. The van der Waals surface area contributed by atoms with Crippen LogP contribution in [-0.4, -0.2) is 35.8 Å². The molecule has 0 N–H and O–H groups in total. The molecule has 0 spiro atoms. The molecule has 112 valence electrons. The van der Waals surface area contributed by atoms with E-state index in [1.807, 2.05) is 31.2 Å². The number of halogens is 1. The first-order valence-corrected chi connectivity index (χ1v) is 8.24. The molecule has 4 nitrogen and oxygen atoms in total. The molecular formula is C16H19BrN2O2. The van der Waals surface area contributed by atoms with Gasteiger partial charge in [-0.05, 0) is 44.0 Å². The molecule has 5 heteroatoms. The van der Waals surface area contributed by atoms with Crippen molar-refractivity contribution in [2.24, 2.45) is 5.92 Å². The zero-order valence-electron chi connectivity index (χ0n) is 12.1. The smallest absolute Gasteiger partial charge is 0.249 e. The van der Waals surface area contributed by atoms with E-state index in [4.69, 9.17) is 0 Å². The van der Waals surface area contributed by atoms with Gasteiger partial charge in [0.05, 0.1) is 0 Å². The molecule has 0 aromatic heterocycles. The van der Waals surface area contributed by atoms with Crippen molar-refractivity contribution in [1.82, 2.24) is 4.90 Å². The van der Waals surface area contributed by atoms with E-state index in [2.05, 4.69) is 15.9 Å². The Morgan fingerprint density at radius 3 is 2.43 bits per heavy atom. The van der Waals surface area contributed by atoms with Crippen LogP contribution in [0.2, 0.25) is 0 Å². The number of benzene rings is 1. The van der Waals surface area contributed by atoms with Gasteiger partial charge in [-0.3, -0.25) is 9.59 Å². The molecule has 0 unspecified atom stereocenters. The molecule has 1 aliphatic carbocycles. The number of carbonyl (C=O) groups excluding carboxylic acids is 2. The van der Waals surface area contributed by atoms with Crippen LogP contribution in [0.1, 0.15) is 26.2 Å². The molecule has 1 saturated heterocycles. The fourth-order valence-corrected chi connectivity index (χ4v) is 3.20. The molecule has 1 aliphatic heterocycles. The molecule has 2 aliphatic rings. The van der Waals surface area contributed by atoms with Crippen molar-refractivity contribution in [3.63, 3.8) is 0 Å². The number of amides is 2. The Kier molecular flexibility index (Phi) is 4.02. The minimum Gasteiger partial charge on any atom is -0.329 e. The molecule has 3 rings (SSSR count). The van der Waals surface area contributed by atoms with Crippen molar-refractivity contribution in [2.45, 2.75) is 32.2 Å². The highest BCUT2D eigenvalue weighted by Gasteiger charge is 2.38. The lowest BCUT2D eigenvalue weighted by atomic mass is 9.84. The first-order valence-electron chi connectivity index (χ1n) is 7.45. The van der Waals surface area contributed by atoms with E-state index in [0.717, 1.165) is 29.4 Å². The summed E-state index contributed by atoms with van der Waals surface area (Å²) in [6.45, 7) is 3.03. The van der Waals surface area contributed by atoms with Gasteiger partial charge in [0.2, 0.25) is 11.8 Å². The number of anilines is 1. The van der Waals surface area contributed by atoms with Crippen LogP contribution in [0, 0.1) is 5.92 Å². The maximum Gasteiger partial charge on any atom is 0.249 e. The van der Waals surface area contributed by atoms with E-state index >= 15 is 0 Å². The normalized spacial score (nSPS) is 23.1. The van der Waals surface area contributed by atoms with Gasteiger partial charge in [0, 0.05) is 29.2 Å². The highest BCUT2D eigenvalue weighted by Crippen LogP contribution is 2.30. The second-order valence-electron chi connectivity index (χ2n) is 5.80. The van der Waals surface area contributed by atoms with Crippen molar-refractivity contribution < 1.29 is 9.59 Å². The van der Waals surface area contributed by atoms with E-state index in [0.29, 0.717) is 13.1 Å². The Bertz CT molecular complexity index is 554. The fraction of sp³-hybridized carbons (Fsp3) is 0.500. The zero-order chi connectivity index (χ0) is 15.0. The fourth-order valence-electron chi connectivity index (χ4n) is 2.94. The van der Waals surface area contributed by atoms with Crippen LogP contribution in [-0.2, 0) is 9.59 Å².